The number of phenolic OH excluding ortho intramolecular Hbond substituents is 1. The Hall–Kier alpha value is -2.87. The highest BCUT2D eigenvalue weighted by Gasteiger charge is 2.29. The number of aromatic hydroxyl groups is 1. The average molecular weight is 478 g/mol. The van der Waals surface area contributed by atoms with E-state index in [4.69, 9.17) is 14.2 Å². The highest BCUT2D eigenvalue weighted by Crippen LogP contribution is 2.49. The number of alkyl carbamates (subject to hydrolysis) is 1. The molecule has 182 valence electrons. The SMILES string of the molecule is CC.CC.COC(=O)NC1CCc2cc(O)c(OC)c(OC)c2-c2ccc(SC)c(=O)cc21. The van der Waals surface area contributed by atoms with Crippen molar-refractivity contribution < 1.29 is 24.1 Å². The summed E-state index contributed by atoms with van der Waals surface area (Å²) < 4.78 is 15.7. The molecule has 0 radical (unpaired) electrons. The van der Waals surface area contributed by atoms with Gasteiger partial charge in [0.25, 0.3) is 0 Å². The third-order valence-electron chi connectivity index (χ3n) is 4.99. The lowest BCUT2D eigenvalue weighted by molar-refractivity contribution is 0.166. The van der Waals surface area contributed by atoms with Crippen LogP contribution in [0.25, 0.3) is 11.1 Å². The van der Waals surface area contributed by atoms with Gasteiger partial charge in [-0.15, -0.1) is 11.8 Å². The number of carbonyl (C=O) groups excluding carboxylic acids is 1. The summed E-state index contributed by atoms with van der Waals surface area (Å²) in [6, 6.07) is 6.35. The third-order valence-corrected chi connectivity index (χ3v) is 5.77. The van der Waals surface area contributed by atoms with E-state index in [-0.39, 0.29) is 16.9 Å². The van der Waals surface area contributed by atoms with Crippen molar-refractivity contribution in [3.63, 3.8) is 0 Å². The maximum atomic E-state index is 12.7. The van der Waals surface area contributed by atoms with Gasteiger partial charge in [0.15, 0.2) is 16.9 Å². The van der Waals surface area contributed by atoms with Crippen LogP contribution in [0.4, 0.5) is 4.79 Å². The Bertz CT molecular complexity index is 1010. The van der Waals surface area contributed by atoms with Gasteiger partial charge in [-0.1, -0.05) is 33.8 Å². The molecule has 1 unspecified atom stereocenters. The van der Waals surface area contributed by atoms with E-state index in [2.05, 4.69) is 5.32 Å². The van der Waals surface area contributed by atoms with E-state index in [1.807, 2.05) is 40.0 Å². The summed E-state index contributed by atoms with van der Waals surface area (Å²) in [5.41, 5.74) is 2.81. The zero-order valence-electron chi connectivity index (χ0n) is 20.7. The molecule has 2 aromatic carbocycles. The number of fused-ring (bicyclic) bond motifs is 3. The Morgan fingerprint density at radius 2 is 1.70 bits per heavy atom. The van der Waals surface area contributed by atoms with Gasteiger partial charge in [-0.25, -0.2) is 4.79 Å². The normalized spacial score (nSPS) is 13.4. The lowest BCUT2D eigenvalue weighted by Gasteiger charge is -2.18. The van der Waals surface area contributed by atoms with Gasteiger partial charge in [0.1, 0.15) is 0 Å². The quantitative estimate of drug-likeness (QED) is 0.557. The molecule has 7 nitrogen and oxygen atoms in total. The van der Waals surface area contributed by atoms with Crippen LogP contribution < -0.4 is 20.2 Å². The van der Waals surface area contributed by atoms with Gasteiger partial charge in [0.05, 0.1) is 32.3 Å². The van der Waals surface area contributed by atoms with Crippen LogP contribution in [0.15, 0.2) is 34.0 Å². The lowest BCUT2D eigenvalue weighted by Crippen LogP contribution is -2.28. The van der Waals surface area contributed by atoms with Crippen LogP contribution >= 0.6 is 11.8 Å². The van der Waals surface area contributed by atoms with Crippen LogP contribution in [0.1, 0.15) is 51.3 Å². The molecule has 2 N–H and O–H groups in total. The van der Waals surface area contributed by atoms with Crippen molar-refractivity contribution in [2.45, 2.75) is 51.5 Å². The van der Waals surface area contributed by atoms with Crippen LogP contribution in [0.3, 0.4) is 0 Å². The fraction of sp³-hybridized carbons (Fsp3) is 0.440. The molecule has 0 saturated carbocycles. The van der Waals surface area contributed by atoms with E-state index < -0.39 is 12.1 Å². The molecule has 0 aliphatic heterocycles. The summed E-state index contributed by atoms with van der Waals surface area (Å²) in [7, 11) is 4.25. The third kappa shape index (κ3) is 6.13. The first kappa shape index (κ1) is 28.2. The fourth-order valence-electron chi connectivity index (χ4n) is 3.68. The van der Waals surface area contributed by atoms with Crippen molar-refractivity contribution in [1.29, 1.82) is 0 Å². The highest BCUT2D eigenvalue weighted by atomic mass is 32.2. The smallest absolute Gasteiger partial charge is 0.407 e. The monoisotopic (exact) mass is 477 g/mol. The largest absolute Gasteiger partial charge is 0.504 e. The Kier molecular flexibility index (Phi) is 11.6. The second-order valence-electron chi connectivity index (χ2n) is 6.50. The topological polar surface area (TPSA) is 94.1 Å². The predicted molar refractivity (Wildman–Crippen MR) is 134 cm³/mol. The van der Waals surface area contributed by atoms with E-state index in [0.29, 0.717) is 29.1 Å². The number of benzene rings is 1. The fourth-order valence-corrected chi connectivity index (χ4v) is 4.15. The van der Waals surface area contributed by atoms with Crippen LogP contribution in [-0.4, -0.2) is 38.8 Å². The molecule has 33 heavy (non-hydrogen) atoms. The van der Waals surface area contributed by atoms with E-state index >= 15 is 0 Å². The van der Waals surface area contributed by atoms with E-state index in [0.717, 1.165) is 16.7 Å². The van der Waals surface area contributed by atoms with Crippen molar-refractivity contribution >= 4 is 17.9 Å². The molecule has 3 rings (SSSR count). The number of amides is 1. The predicted octanol–water partition coefficient (Wildman–Crippen LogP) is 5.55. The number of carbonyl (C=O) groups is 1. The van der Waals surface area contributed by atoms with Crippen molar-refractivity contribution in [2.75, 3.05) is 27.6 Å². The number of thioether (sulfide) groups is 1. The Balaban J connectivity index is 0.00000129. The minimum atomic E-state index is -0.580. The van der Waals surface area contributed by atoms with Gasteiger partial charge in [-0.2, -0.15) is 0 Å². The molecule has 1 atom stereocenters. The summed E-state index contributed by atoms with van der Waals surface area (Å²) in [6.07, 6.45) is 2.31. The molecule has 0 fully saturated rings. The first-order chi connectivity index (χ1) is 15.9. The maximum Gasteiger partial charge on any atom is 0.407 e. The van der Waals surface area contributed by atoms with Crippen LogP contribution in [0, 0.1) is 0 Å². The molecule has 1 amide bonds. The molecule has 0 saturated heterocycles. The first-order valence-electron chi connectivity index (χ1n) is 11.0. The summed E-state index contributed by atoms with van der Waals surface area (Å²) in [6.45, 7) is 8.00. The second kappa shape index (κ2) is 13.6. The average Bonchev–Trinajstić information content (AvgIpc) is 3.09. The lowest BCUT2D eigenvalue weighted by atomic mass is 9.95. The number of hydrogen-bond donors (Lipinski definition) is 2. The molecule has 0 aromatic heterocycles. The molecule has 0 heterocycles. The van der Waals surface area contributed by atoms with Crippen molar-refractivity contribution in [1.82, 2.24) is 5.32 Å². The number of rotatable bonds is 4. The molecule has 0 bridgehead atoms. The Labute approximate surface area is 200 Å². The molecule has 8 heteroatoms. The van der Waals surface area contributed by atoms with Gasteiger partial charge in [-0.3, -0.25) is 4.79 Å². The van der Waals surface area contributed by atoms with E-state index in [9.17, 15) is 14.7 Å². The summed E-state index contributed by atoms with van der Waals surface area (Å²) in [4.78, 5) is 25.2. The van der Waals surface area contributed by atoms with Gasteiger partial charge >= 0.3 is 6.09 Å². The van der Waals surface area contributed by atoms with Crippen LogP contribution in [-0.2, 0) is 11.2 Å². The highest BCUT2D eigenvalue weighted by molar-refractivity contribution is 7.98. The molecular formula is C25H35NO6S. The molecule has 2 aromatic rings. The van der Waals surface area contributed by atoms with Gasteiger partial charge in [-0.05, 0) is 54.0 Å². The number of phenols is 1. The standard InChI is InChI=1S/C21H23NO6S.2C2H6/c1-26-19-16(24)9-11-5-7-14(22-21(25)28-3)13-10-15(23)17(29-4)8-6-12(13)18(11)20(19)27-2;2*1-2/h6,8-10,14,24H,5,7H2,1-4H3,(H,22,25);2*1-2H3. The van der Waals surface area contributed by atoms with Gasteiger partial charge in [0.2, 0.25) is 5.75 Å². The number of methoxy groups -OCH3 is 3. The van der Waals surface area contributed by atoms with E-state index in [1.165, 1.54) is 33.1 Å². The summed E-state index contributed by atoms with van der Waals surface area (Å²) >= 11 is 1.35. The number of nitrogens with one attached hydrogen (secondary N) is 1. The Morgan fingerprint density at radius 3 is 2.24 bits per heavy atom. The molecule has 0 spiro atoms. The minimum Gasteiger partial charge on any atom is -0.504 e. The molecule has 1 aliphatic rings. The number of ether oxygens (including phenoxy) is 3. The van der Waals surface area contributed by atoms with Crippen LogP contribution in [0.2, 0.25) is 0 Å². The number of hydrogen-bond acceptors (Lipinski definition) is 7. The van der Waals surface area contributed by atoms with E-state index in [1.54, 1.807) is 18.2 Å². The van der Waals surface area contributed by atoms with Gasteiger partial charge < -0.3 is 24.6 Å². The van der Waals surface area contributed by atoms with Gasteiger partial charge in [0, 0.05) is 5.56 Å². The molecule has 1 aliphatic carbocycles. The summed E-state index contributed by atoms with van der Waals surface area (Å²) in [5.74, 6) is 0.570. The van der Waals surface area contributed by atoms with Crippen molar-refractivity contribution in [2.24, 2.45) is 0 Å². The zero-order chi connectivity index (χ0) is 25.1. The van der Waals surface area contributed by atoms with Crippen LogP contribution in [0.5, 0.6) is 17.2 Å². The van der Waals surface area contributed by atoms with Crippen molar-refractivity contribution in [3.8, 4) is 28.4 Å². The molecular weight excluding hydrogens is 442 g/mol. The minimum absolute atomic E-state index is 0.0290. The summed E-state index contributed by atoms with van der Waals surface area (Å²) in [5, 5.41) is 13.2. The first-order valence-corrected chi connectivity index (χ1v) is 12.2. The van der Waals surface area contributed by atoms with Crippen molar-refractivity contribution in [3.05, 3.63) is 45.6 Å². The Morgan fingerprint density at radius 1 is 1.06 bits per heavy atom. The number of aryl methyl sites for hydroxylation is 1. The second-order valence-corrected chi connectivity index (χ2v) is 7.35. The zero-order valence-corrected chi connectivity index (χ0v) is 21.5. The maximum absolute atomic E-state index is 12.7.